The van der Waals surface area contributed by atoms with Crippen LogP contribution in [0, 0.1) is 11.8 Å². The van der Waals surface area contributed by atoms with Crippen LogP contribution in [0.3, 0.4) is 0 Å². The second kappa shape index (κ2) is 5.68. The van der Waals surface area contributed by atoms with E-state index in [9.17, 15) is 14.4 Å². The third kappa shape index (κ3) is 4.30. The molecular weight excluding hydrogens is 180 g/mol. The van der Waals surface area contributed by atoms with Crippen molar-refractivity contribution in [1.29, 1.82) is 0 Å². The normalized spacial score (nSPS) is 10.7. The predicted molar refractivity (Wildman–Crippen MR) is 53.9 cm³/mol. The number of hydrogen-bond acceptors (Lipinski definition) is 3. The lowest BCUT2D eigenvalue weighted by Crippen LogP contribution is -2.21. The number of ketones is 3. The van der Waals surface area contributed by atoms with Crippen molar-refractivity contribution >= 4 is 17.3 Å². The van der Waals surface area contributed by atoms with E-state index in [2.05, 4.69) is 0 Å². The number of rotatable bonds is 6. The molecule has 0 amide bonds. The van der Waals surface area contributed by atoms with Crippen molar-refractivity contribution in [2.24, 2.45) is 11.8 Å². The smallest absolute Gasteiger partial charge is 0.200 e. The Hall–Kier alpha value is -0.990. The number of carbonyl (C=O) groups excluding carboxylic acids is 3. The fourth-order valence-corrected chi connectivity index (χ4v) is 0.971. The van der Waals surface area contributed by atoms with Crippen molar-refractivity contribution in [3.8, 4) is 0 Å². The van der Waals surface area contributed by atoms with Crippen LogP contribution in [0.4, 0.5) is 0 Å². The average Bonchev–Trinajstić information content (AvgIpc) is 2.11. The van der Waals surface area contributed by atoms with Crippen LogP contribution in [-0.2, 0) is 14.4 Å². The maximum atomic E-state index is 11.2. The first-order valence-corrected chi connectivity index (χ1v) is 4.96. The molecule has 0 aliphatic carbocycles. The summed E-state index contributed by atoms with van der Waals surface area (Å²) in [5.74, 6) is -1.08. The van der Waals surface area contributed by atoms with Crippen LogP contribution in [0.25, 0.3) is 0 Å². The van der Waals surface area contributed by atoms with Crippen LogP contribution in [0.5, 0.6) is 0 Å². The first kappa shape index (κ1) is 13.0. The summed E-state index contributed by atoms with van der Waals surface area (Å²) in [7, 11) is 0. The lowest BCUT2D eigenvalue weighted by molar-refractivity contribution is -0.139. The fourth-order valence-electron chi connectivity index (χ4n) is 0.971. The van der Waals surface area contributed by atoms with Gasteiger partial charge in [0, 0.05) is 24.7 Å². The first-order chi connectivity index (χ1) is 6.36. The fraction of sp³-hybridized carbons (Fsp3) is 0.727. The van der Waals surface area contributed by atoms with E-state index in [-0.39, 0.29) is 36.2 Å². The Morgan fingerprint density at radius 1 is 0.857 bits per heavy atom. The SMILES string of the molecule is CC(C)C(=O)CCC(=O)C(=O)C(C)C. The van der Waals surface area contributed by atoms with E-state index in [1.807, 2.05) is 0 Å². The molecule has 0 aromatic rings. The summed E-state index contributed by atoms with van der Waals surface area (Å²) in [5.41, 5.74) is 0. The molecule has 0 N–H and O–H groups in total. The molecule has 14 heavy (non-hydrogen) atoms. The molecule has 0 aromatic carbocycles. The Morgan fingerprint density at radius 3 is 1.71 bits per heavy atom. The van der Waals surface area contributed by atoms with Gasteiger partial charge < -0.3 is 0 Å². The maximum absolute atomic E-state index is 11.2. The van der Waals surface area contributed by atoms with E-state index in [4.69, 9.17) is 0 Å². The Bertz CT molecular complexity index is 239. The van der Waals surface area contributed by atoms with E-state index in [0.29, 0.717) is 0 Å². The Labute approximate surface area is 84.9 Å². The largest absolute Gasteiger partial charge is 0.299 e. The number of hydrogen-bond donors (Lipinski definition) is 0. The first-order valence-electron chi connectivity index (χ1n) is 4.96. The van der Waals surface area contributed by atoms with Gasteiger partial charge in [0.05, 0.1) is 0 Å². The maximum Gasteiger partial charge on any atom is 0.200 e. The topological polar surface area (TPSA) is 51.2 Å². The van der Waals surface area contributed by atoms with E-state index < -0.39 is 5.78 Å². The van der Waals surface area contributed by atoms with Crippen molar-refractivity contribution in [3.63, 3.8) is 0 Å². The van der Waals surface area contributed by atoms with Crippen LogP contribution in [-0.4, -0.2) is 17.3 Å². The molecule has 0 rings (SSSR count). The molecule has 3 heteroatoms. The van der Waals surface area contributed by atoms with E-state index in [1.165, 1.54) is 0 Å². The van der Waals surface area contributed by atoms with Gasteiger partial charge >= 0.3 is 0 Å². The highest BCUT2D eigenvalue weighted by Crippen LogP contribution is 2.05. The third-order valence-electron chi connectivity index (χ3n) is 2.04. The van der Waals surface area contributed by atoms with Crippen LogP contribution >= 0.6 is 0 Å². The minimum atomic E-state index is -0.422. The zero-order valence-corrected chi connectivity index (χ0v) is 9.29. The minimum Gasteiger partial charge on any atom is -0.299 e. The summed E-state index contributed by atoms with van der Waals surface area (Å²) in [6.45, 7) is 6.95. The van der Waals surface area contributed by atoms with Crippen molar-refractivity contribution in [3.05, 3.63) is 0 Å². The molecular formula is C11H18O3. The zero-order valence-electron chi connectivity index (χ0n) is 9.29. The summed E-state index contributed by atoms with van der Waals surface area (Å²) in [4.78, 5) is 33.6. The van der Waals surface area contributed by atoms with E-state index in [1.54, 1.807) is 27.7 Å². The third-order valence-corrected chi connectivity index (χ3v) is 2.04. The minimum absolute atomic E-state index is 0.0370. The molecule has 0 aliphatic heterocycles. The second-order valence-corrected chi connectivity index (χ2v) is 4.06. The average molecular weight is 198 g/mol. The highest BCUT2D eigenvalue weighted by atomic mass is 16.2. The summed E-state index contributed by atoms with van der Waals surface area (Å²) in [5, 5.41) is 0. The Morgan fingerprint density at radius 2 is 1.36 bits per heavy atom. The van der Waals surface area contributed by atoms with Crippen molar-refractivity contribution in [2.45, 2.75) is 40.5 Å². The van der Waals surface area contributed by atoms with Gasteiger partial charge in [-0.2, -0.15) is 0 Å². The monoisotopic (exact) mass is 198 g/mol. The molecule has 3 nitrogen and oxygen atoms in total. The van der Waals surface area contributed by atoms with Crippen molar-refractivity contribution < 1.29 is 14.4 Å². The molecule has 0 bridgehead atoms. The molecule has 0 spiro atoms. The predicted octanol–water partition coefficient (Wildman–Crippen LogP) is 1.79. The zero-order chi connectivity index (χ0) is 11.3. The molecule has 0 heterocycles. The summed E-state index contributed by atoms with van der Waals surface area (Å²) < 4.78 is 0. The van der Waals surface area contributed by atoms with Gasteiger partial charge in [-0.3, -0.25) is 14.4 Å². The summed E-state index contributed by atoms with van der Waals surface area (Å²) in [6, 6.07) is 0. The molecule has 0 saturated heterocycles. The van der Waals surface area contributed by atoms with Crippen LogP contribution < -0.4 is 0 Å². The van der Waals surface area contributed by atoms with Gasteiger partial charge in [-0.15, -0.1) is 0 Å². The van der Waals surface area contributed by atoms with Crippen LogP contribution in [0.15, 0.2) is 0 Å². The van der Waals surface area contributed by atoms with Gasteiger partial charge in [0.25, 0.3) is 0 Å². The van der Waals surface area contributed by atoms with Gasteiger partial charge in [-0.25, -0.2) is 0 Å². The van der Waals surface area contributed by atoms with Crippen LogP contribution in [0.2, 0.25) is 0 Å². The Balaban J connectivity index is 3.98. The van der Waals surface area contributed by atoms with Crippen molar-refractivity contribution in [2.75, 3.05) is 0 Å². The highest BCUT2D eigenvalue weighted by molar-refractivity contribution is 6.38. The van der Waals surface area contributed by atoms with Crippen LogP contribution in [0.1, 0.15) is 40.5 Å². The van der Waals surface area contributed by atoms with Gasteiger partial charge in [0.2, 0.25) is 5.78 Å². The summed E-state index contributed by atoms with van der Waals surface area (Å²) >= 11 is 0. The van der Waals surface area contributed by atoms with E-state index in [0.717, 1.165) is 0 Å². The number of Topliss-reactive ketones (excluding diaryl/α,β-unsaturated/α-hetero) is 3. The van der Waals surface area contributed by atoms with Gasteiger partial charge in [0.1, 0.15) is 5.78 Å². The lowest BCUT2D eigenvalue weighted by Gasteiger charge is -2.04. The molecule has 0 fully saturated rings. The Kier molecular flexibility index (Phi) is 5.28. The van der Waals surface area contributed by atoms with Gasteiger partial charge in [-0.1, -0.05) is 27.7 Å². The quantitative estimate of drug-likeness (QED) is 0.611. The molecule has 0 saturated carbocycles. The van der Waals surface area contributed by atoms with Gasteiger partial charge in [-0.05, 0) is 0 Å². The molecule has 0 aromatic heterocycles. The van der Waals surface area contributed by atoms with E-state index >= 15 is 0 Å². The standard InChI is InChI=1S/C11H18O3/c1-7(2)9(12)5-6-10(13)11(14)8(3)4/h7-8H,5-6H2,1-4H3. The summed E-state index contributed by atoms with van der Waals surface area (Å²) in [6.07, 6.45) is 0.253. The van der Waals surface area contributed by atoms with Crippen molar-refractivity contribution in [1.82, 2.24) is 0 Å². The van der Waals surface area contributed by atoms with Gasteiger partial charge in [0.15, 0.2) is 5.78 Å². The molecule has 0 atom stereocenters. The number of carbonyl (C=O) groups is 3. The lowest BCUT2D eigenvalue weighted by atomic mass is 9.98. The molecule has 0 radical (unpaired) electrons. The highest BCUT2D eigenvalue weighted by Gasteiger charge is 2.18. The second-order valence-electron chi connectivity index (χ2n) is 4.06. The molecule has 0 aliphatic rings. The molecule has 80 valence electrons. The molecule has 0 unspecified atom stereocenters.